The zero-order valence-corrected chi connectivity index (χ0v) is 19.2. The molecule has 0 unspecified atom stereocenters. The van der Waals surface area contributed by atoms with Crippen molar-refractivity contribution in [3.05, 3.63) is 46.5 Å². The molecular formula is C23H27F2N7O3. The van der Waals surface area contributed by atoms with Crippen LogP contribution in [0.3, 0.4) is 0 Å². The third kappa shape index (κ3) is 4.57. The van der Waals surface area contributed by atoms with Crippen LogP contribution in [0, 0.1) is 0 Å². The fraction of sp³-hybridized carbons (Fsp3) is 0.478. The van der Waals surface area contributed by atoms with Crippen molar-refractivity contribution in [3.63, 3.8) is 0 Å². The van der Waals surface area contributed by atoms with Gasteiger partial charge in [-0.05, 0) is 37.8 Å². The van der Waals surface area contributed by atoms with Crippen LogP contribution in [0.15, 0.2) is 35.4 Å². The van der Waals surface area contributed by atoms with Crippen molar-refractivity contribution in [1.82, 2.24) is 24.5 Å². The fourth-order valence-corrected chi connectivity index (χ4v) is 4.78. The molecule has 12 heteroatoms. The van der Waals surface area contributed by atoms with Gasteiger partial charge >= 0.3 is 0 Å². The fourth-order valence-electron chi connectivity index (χ4n) is 4.78. The van der Waals surface area contributed by atoms with Gasteiger partial charge in [0.05, 0.1) is 12.3 Å². The molecule has 3 aromatic heterocycles. The molecule has 0 aliphatic heterocycles. The van der Waals surface area contributed by atoms with E-state index < -0.39 is 23.6 Å². The molecule has 4 N–H and O–H groups in total. The lowest BCUT2D eigenvalue weighted by molar-refractivity contribution is -0.104. The molecular weight excluding hydrogens is 460 g/mol. The van der Waals surface area contributed by atoms with Crippen LogP contribution in [-0.2, 0) is 0 Å². The number of nitrogens with zero attached hydrogens (tertiary/aromatic N) is 4. The smallest absolute Gasteiger partial charge is 0.274 e. The zero-order valence-electron chi connectivity index (χ0n) is 19.2. The normalized spacial score (nSPS) is 21.9. The Morgan fingerprint density at radius 2 is 2.09 bits per heavy atom. The maximum atomic E-state index is 13.3. The highest BCUT2D eigenvalue weighted by atomic mass is 19.3. The van der Waals surface area contributed by atoms with Gasteiger partial charge in [-0.2, -0.15) is 9.61 Å². The van der Waals surface area contributed by atoms with E-state index in [-0.39, 0.29) is 41.7 Å². The molecule has 35 heavy (non-hydrogen) atoms. The van der Waals surface area contributed by atoms with Crippen LogP contribution in [0.1, 0.15) is 54.9 Å². The van der Waals surface area contributed by atoms with E-state index in [9.17, 15) is 23.5 Å². The average Bonchev–Trinajstić information content (AvgIpc) is 3.22. The molecule has 1 amide bonds. The summed E-state index contributed by atoms with van der Waals surface area (Å²) in [7, 11) is 1.69. The highest BCUT2D eigenvalue weighted by molar-refractivity contribution is 6.00. The van der Waals surface area contributed by atoms with Gasteiger partial charge in [0, 0.05) is 44.2 Å². The van der Waals surface area contributed by atoms with Crippen LogP contribution in [-0.4, -0.2) is 55.3 Å². The Morgan fingerprint density at radius 1 is 1.29 bits per heavy atom. The Labute approximate surface area is 199 Å². The molecule has 0 aromatic carbocycles. The summed E-state index contributed by atoms with van der Waals surface area (Å²) in [6, 6.07) is 4.12. The predicted octanol–water partition coefficient (Wildman–Crippen LogP) is 2.68. The number of amides is 1. The molecule has 2 atom stereocenters. The second kappa shape index (κ2) is 8.91. The third-order valence-corrected chi connectivity index (χ3v) is 6.65. The quantitative estimate of drug-likeness (QED) is 0.421. The van der Waals surface area contributed by atoms with E-state index in [0.29, 0.717) is 18.1 Å². The van der Waals surface area contributed by atoms with Gasteiger partial charge in [0.15, 0.2) is 5.65 Å². The molecule has 186 valence electrons. The average molecular weight is 488 g/mol. The summed E-state index contributed by atoms with van der Waals surface area (Å²) in [5.41, 5.74) is 0.293. The van der Waals surface area contributed by atoms with Crippen molar-refractivity contribution in [1.29, 1.82) is 0 Å². The van der Waals surface area contributed by atoms with Crippen LogP contribution in [0.2, 0.25) is 0 Å². The number of aliphatic hydroxyl groups excluding tert-OH is 1. The minimum absolute atomic E-state index is 0.132. The molecule has 2 saturated carbocycles. The number of aromatic nitrogens is 4. The van der Waals surface area contributed by atoms with Gasteiger partial charge in [0.1, 0.15) is 22.9 Å². The Hall–Kier alpha value is -3.54. The predicted molar refractivity (Wildman–Crippen MR) is 125 cm³/mol. The van der Waals surface area contributed by atoms with Gasteiger partial charge in [-0.25, -0.2) is 13.8 Å². The SMILES string of the molecule is CNc1cc(Nc2cccn(C3CC(F)(F)C3)c2=O)nc2c(C(=O)N[C@H]3CCC[C@H](O)C3)cnn12. The second-order valence-corrected chi connectivity index (χ2v) is 9.24. The Kier molecular flexibility index (Phi) is 5.91. The number of hydrogen-bond acceptors (Lipinski definition) is 7. The van der Waals surface area contributed by atoms with E-state index in [0.717, 1.165) is 19.3 Å². The topological polar surface area (TPSA) is 126 Å². The molecule has 0 saturated heterocycles. The van der Waals surface area contributed by atoms with Crippen LogP contribution >= 0.6 is 0 Å². The molecule has 2 aliphatic carbocycles. The first-order valence-electron chi connectivity index (χ1n) is 11.7. The summed E-state index contributed by atoms with van der Waals surface area (Å²) in [5.74, 6) is -2.27. The highest BCUT2D eigenvalue weighted by Gasteiger charge is 2.46. The lowest BCUT2D eigenvalue weighted by atomic mass is 9.88. The molecule has 0 radical (unpaired) electrons. The molecule has 2 aliphatic rings. The monoisotopic (exact) mass is 487 g/mol. The summed E-state index contributed by atoms with van der Waals surface area (Å²) < 4.78 is 29.4. The number of halogens is 2. The number of rotatable bonds is 6. The Morgan fingerprint density at radius 3 is 2.80 bits per heavy atom. The summed E-state index contributed by atoms with van der Waals surface area (Å²) in [6.45, 7) is 0. The number of carbonyl (C=O) groups excluding carboxylic acids is 1. The van der Waals surface area contributed by atoms with Crippen molar-refractivity contribution < 1.29 is 18.7 Å². The molecule has 3 heterocycles. The molecule has 5 rings (SSSR count). The van der Waals surface area contributed by atoms with Gasteiger partial charge in [0.25, 0.3) is 17.4 Å². The van der Waals surface area contributed by atoms with Crippen LogP contribution < -0.4 is 21.5 Å². The lowest BCUT2D eigenvalue weighted by Gasteiger charge is -2.36. The lowest BCUT2D eigenvalue weighted by Crippen LogP contribution is -2.41. The van der Waals surface area contributed by atoms with Crippen molar-refractivity contribution in [2.75, 3.05) is 17.7 Å². The Bertz CT molecular complexity index is 1310. The summed E-state index contributed by atoms with van der Waals surface area (Å²) in [4.78, 5) is 30.4. The van der Waals surface area contributed by atoms with Crippen molar-refractivity contribution in [2.45, 2.75) is 62.6 Å². The number of pyridine rings is 1. The van der Waals surface area contributed by atoms with E-state index in [1.165, 1.54) is 21.5 Å². The first kappa shape index (κ1) is 23.2. The first-order valence-corrected chi connectivity index (χ1v) is 11.7. The number of hydrogen-bond donors (Lipinski definition) is 4. The molecule has 3 aromatic rings. The summed E-state index contributed by atoms with van der Waals surface area (Å²) >= 11 is 0. The minimum Gasteiger partial charge on any atom is -0.393 e. The minimum atomic E-state index is -2.74. The van der Waals surface area contributed by atoms with Crippen molar-refractivity contribution in [2.24, 2.45) is 0 Å². The van der Waals surface area contributed by atoms with Gasteiger partial charge in [-0.3, -0.25) is 9.59 Å². The van der Waals surface area contributed by atoms with Crippen LogP contribution in [0.4, 0.5) is 26.1 Å². The number of carbonyl (C=O) groups is 1. The largest absolute Gasteiger partial charge is 0.393 e. The van der Waals surface area contributed by atoms with E-state index >= 15 is 0 Å². The molecule has 0 bridgehead atoms. The number of anilines is 3. The van der Waals surface area contributed by atoms with Crippen molar-refractivity contribution >= 4 is 28.9 Å². The van der Waals surface area contributed by atoms with Crippen LogP contribution in [0.25, 0.3) is 5.65 Å². The third-order valence-electron chi connectivity index (χ3n) is 6.65. The van der Waals surface area contributed by atoms with Gasteiger partial charge in [-0.1, -0.05) is 0 Å². The highest BCUT2D eigenvalue weighted by Crippen LogP contribution is 2.44. The number of nitrogens with one attached hydrogen (secondary N) is 3. The first-order chi connectivity index (χ1) is 16.7. The van der Waals surface area contributed by atoms with Crippen molar-refractivity contribution in [3.8, 4) is 0 Å². The number of fused-ring (bicyclic) bond motifs is 1. The standard InChI is InChI=1S/C23H27F2N7O3/c1-26-19-9-18(29-17-6-3-7-31(22(17)35)14-10-23(24,25)11-14)30-20-16(12-27-32(19)20)21(34)28-13-4-2-5-15(33)8-13/h3,6-7,9,12-15,26,33H,2,4-5,8,10-11H2,1H3,(H,28,34)(H,29,30)/t13-,15-/m0/s1. The molecule has 0 spiro atoms. The zero-order chi connectivity index (χ0) is 24.7. The second-order valence-electron chi connectivity index (χ2n) is 9.24. The van der Waals surface area contributed by atoms with E-state index in [2.05, 4.69) is 26.0 Å². The summed E-state index contributed by atoms with van der Waals surface area (Å²) in [5, 5.41) is 23.1. The van der Waals surface area contributed by atoms with Gasteiger partial charge in [0.2, 0.25) is 0 Å². The maximum absolute atomic E-state index is 13.3. The Balaban J connectivity index is 1.43. The van der Waals surface area contributed by atoms with E-state index in [1.807, 2.05) is 0 Å². The van der Waals surface area contributed by atoms with Gasteiger partial charge in [-0.15, -0.1) is 0 Å². The number of aliphatic hydroxyl groups is 1. The number of alkyl halides is 2. The van der Waals surface area contributed by atoms with Crippen LogP contribution in [0.5, 0.6) is 0 Å². The molecule has 2 fully saturated rings. The van der Waals surface area contributed by atoms with E-state index in [4.69, 9.17) is 0 Å². The summed E-state index contributed by atoms with van der Waals surface area (Å²) in [6.07, 6.45) is 4.63. The van der Waals surface area contributed by atoms with E-state index in [1.54, 1.807) is 25.2 Å². The molecule has 10 nitrogen and oxygen atoms in total. The maximum Gasteiger partial charge on any atom is 0.274 e. The van der Waals surface area contributed by atoms with Gasteiger partial charge < -0.3 is 25.6 Å².